The molecule has 0 unspecified atom stereocenters. The van der Waals surface area contributed by atoms with Crippen LogP contribution >= 0.6 is 0 Å². The highest BCUT2D eigenvalue weighted by molar-refractivity contribution is 5.93. The van der Waals surface area contributed by atoms with Crippen LogP contribution in [0.4, 0.5) is 0 Å². The number of hydrogen-bond acceptors (Lipinski definition) is 4. The van der Waals surface area contributed by atoms with Crippen molar-refractivity contribution in [3.63, 3.8) is 0 Å². The second kappa shape index (κ2) is 4.09. The molecule has 3 aromatic rings. The summed E-state index contributed by atoms with van der Waals surface area (Å²) in [6.45, 7) is 0. The van der Waals surface area contributed by atoms with Crippen LogP contribution in [0, 0.1) is 0 Å². The first kappa shape index (κ1) is 11.2. The van der Waals surface area contributed by atoms with Gasteiger partial charge in [0.25, 0.3) is 0 Å². The second-order valence-corrected chi connectivity index (χ2v) is 4.04. The minimum atomic E-state index is -1.05. The van der Waals surface area contributed by atoms with Crippen molar-refractivity contribution in [2.45, 2.75) is 0 Å². The Bertz CT molecular complexity index is 780. The number of rotatable bonds is 2. The normalized spacial score (nSPS) is 10.7. The molecule has 0 radical (unpaired) electrons. The summed E-state index contributed by atoms with van der Waals surface area (Å²) in [6.07, 6.45) is 0. The first-order chi connectivity index (χ1) is 9.15. The first-order valence-corrected chi connectivity index (χ1v) is 5.53. The van der Waals surface area contributed by atoms with E-state index in [0.717, 1.165) is 0 Å². The molecule has 0 saturated carbocycles. The summed E-state index contributed by atoms with van der Waals surface area (Å²) >= 11 is 0. The lowest BCUT2D eigenvalue weighted by molar-refractivity contribution is 0.0691. The van der Waals surface area contributed by atoms with Gasteiger partial charge in [-0.15, -0.1) is 10.2 Å². The number of aromatic amines is 1. The number of carboxylic acid groups (broad SMARTS) is 1. The van der Waals surface area contributed by atoms with Crippen molar-refractivity contribution in [2.75, 3.05) is 0 Å². The van der Waals surface area contributed by atoms with E-state index in [2.05, 4.69) is 15.2 Å². The Balaban J connectivity index is 2.16. The number of benzene rings is 1. The van der Waals surface area contributed by atoms with Gasteiger partial charge in [0.05, 0.1) is 5.69 Å². The summed E-state index contributed by atoms with van der Waals surface area (Å²) in [6, 6.07) is 9.93. The first-order valence-electron chi connectivity index (χ1n) is 5.53. The van der Waals surface area contributed by atoms with Gasteiger partial charge in [-0.2, -0.15) is 0 Å². The molecule has 0 amide bonds. The maximum absolute atomic E-state index is 10.9. The lowest BCUT2D eigenvalue weighted by atomic mass is 10.1. The Hall–Kier alpha value is -2.89. The number of H-pyrrole nitrogens is 1. The fraction of sp³-hybridized carbons (Fsp3) is 0. The molecule has 0 fully saturated rings. The fourth-order valence-corrected chi connectivity index (χ4v) is 1.87. The molecule has 0 aliphatic carbocycles. The van der Waals surface area contributed by atoms with Gasteiger partial charge in [0.1, 0.15) is 11.4 Å². The number of para-hydroxylation sites is 1. The van der Waals surface area contributed by atoms with E-state index in [1.807, 2.05) is 0 Å². The summed E-state index contributed by atoms with van der Waals surface area (Å²) in [7, 11) is 0. The number of nitrogens with one attached hydrogen (secondary N) is 1. The van der Waals surface area contributed by atoms with Gasteiger partial charge in [0.2, 0.25) is 0 Å². The highest BCUT2D eigenvalue weighted by Crippen LogP contribution is 2.28. The smallest absolute Gasteiger partial charge is 0.352 e. The van der Waals surface area contributed by atoms with Crippen LogP contribution in [0.15, 0.2) is 36.4 Å². The number of hydrogen-bond donors (Lipinski definition) is 3. The molecule has 0 aliphatic heterocycles. The van der Waals surface area contributed by atoms with Crippen molar-refractivity contribution in [2.24, 2.45) is 0 Å². The third kappa shape index (κ3) is 1.89. The molecule has 2 heterocycles. The van der Waals surface area contributed by atoms with Crippen molar-refractivity contribution in [3.8, 4) is 17.0 Å². The monoisotopic (exact) mass is 255 g/mol. The van der Waals surface area contributed by atoms with Crippen LogP contribution in [0.25, 0.3) is 22.3 Å². The van der Waals surface area contributed by atoms with Gasteiger partial charge < -0.3 is 15.2 Å². The maximum Gasteiger partial charge on any atom is 0.352 e. The van der Waals surface area contributed by atoms with Crippen molar-refractivity contribution in [1.29, 1.82) is 0 Å². The molecule has 0 atom stereocenters. The molecule has 94 valence electrons. The van der Waals surface area contributed by atoms with Gasteiger partial charge in [0, 0.05) is 10.9 Å². The minimum Gasteiger partial charge on any atom is -0.507 e. The van der Waals surface area contributed by atoms with E-state index in [4.69, 9.17) is 5.11 Å². The zero-order chi connectivity index (χ0) is 13.4. The number of aromatic hydroxyl groups is 1. The molecular weight excluding hydrogens is 246 g/mol. The van der Waals surface area contributed by atoms with Gasteiger partial charge in [-0.3, -0.25) is 0 Å². The van der Waals surface area contributed by atoms with Gasteiger partial charge in [-0.25, -0.2) is 4.79 Å². The zero-order valence-electron chi connectivity index (χ0n) is 9.66. The summed E-state index contributed by atoms with van der Waals surface area (Å²) in [4.78, 5) is 13.5. The number of aromatic nitrogens is 3. The van der Waals surface area contributed by atoms with Crippen molar-refractivity contribution < 1.29 is 15.0 Å². The third-order valence-electron chi connectivity index (χ3n) is 2.79. The number of carboxylic acids is 1. The molecule has 3 rings (SSSR count). The molecule has 6 heteroatoms. The molecule has 2 aromatic heterocycles. The highest BCUT2D eigenvalue weighted by atomic mass is 16.4. The van der Waals surface area contributed by atoms with E-state index in [1.54, 1.807) is 30.3 Å². The lowest BCUT2D eigenvalue weighted by Crippen LogP contribution is -1.95. The fourth-order valence-electron chi connectivity index (χ4n) is 1.87. The van der Waals surface area contributed by atoms with E-state index >= 15 is 0 Å². The molecular formula is C13H9N3O3. The Morgan fingerprint density at radius 3 is 2.68 bits per heavy atom. The second-order valence-electron chi connectivity index (χ2n) is 4.04. The molecule has 0 spiro atoms. The predicted molar refractivity (Wildman–Crippen MR) is 67.9 cm³/mol. The third-order valence-corrected chi connectivity index (χ3v) is 2.79. The topological polar surface area (TPSA) is 99.1 Å². The van der Waals surface area contributed by atoms with E-state index < -0.39 is 5.97 Å². The molecule has 6 nitrogen and oxygen atoms in total. The van der Waals surface area contributed by atoms with E-state index in [0.29, 0.717) is 22.3 Å². The molecule has 0 saturated heterocycles. The Morgan fingerprint density at radius 1 is 1.16 bits per heavy atom. The molecule has 0 aliphatic rings. The predicted octanol–water partition coefficient (Wildman–Crippen LogP) is 2.03. The number of carbonyl (C=O) groups is 1. The largest absolute Gasteiger partial charge is 0.507 e. The standard InChI is InChI=1S/C13H9N3O3/c17-11-4-2-1-3-8(11)9-5-7-6-10(13(18)19)14-12(7)16-15-9/h1-6,17H,(H,14,16)(H,18,19). The Kier molecular flexibility index (Phi) is 2.42. The van der Waals surface area contributed by atoms with Crippen LogP contribution in [-0.2, 0) is 0 Å². The van der Waals surface area contributed by atoms with Crippen LogP contribution in [0.2, 0.25) is 0 Å². The zero-order valence-corrected chi connectivity index (χ0v) is 9.66. The number of nitrogens with zero attached hydrogens (tertiary/aromatic N) is 2. The van der Waals surface area contributed by atoms with E-state index in [9.17, 15) is 9.90 Å². The lowest BCUT2D eigenvalue weighted by Gasteiger charge is -2.02. The Morgan fingerprint density at radius 2 is 1.95 bits per heavy atom. The number of phenols is 1. The van der Waals surface area contributed by atoms with Crippen LogP contribution in [0.1, 0.15) is 10.5 Å². The quantitative estimate of drug-likeness (QED) is 0.650. The van der Waals surface area contributed by atoms with E-state index in [1.165, 1.54) is 6.07 Å². The van der Waals surface area contributed by atoms with Crippen LogP contribution in [-0.4, -0.2) is 31.4 Å². The van der Waals surface area contributed by atoms with Crippen molar-refractivity contribution in [3.05, 3.63) is 42.1 Å². The van der Waals surface area contributed by atoms with Crippen molar-refractivity contribution >= 4 is 17.0 Å². The average molecular weight is 255 g/mol. The van der Waals surface area contributed by atoms with E-state index in [-0.39, 0.29) is 11.4 Å². The molecule has 3 N–H and O–H groups in total. The minimum absolute atomic E-state index is 0.0544. The SMILES string of the molecule is O=C(O)c1cc2cc(-c3ccccc3O)nnc2[nH]1. The number of phenolic OH excluding ortho intramolecular Hbond substituents is 1. The number of fused-ring (bicyclic) bond motifs is 1. The summed E-state index contributed by atoms with van der Waals surface area (Å²) in [5.41, 5.74) is 1.49. The van der Waals surface area contributed by atoms with Crippen LogP contribution in [0.3, 0.4) is 0 Å². The van der Waals surface area contributed by atoms with Crippen molar-refractivity contribution in [1.82, 2.24) is 15.2 Å². The number of aromatic carboxylic acids is 1. The maximum atomic E-state index is 10.9. The van der Waals surface area contributed by atoms with Gasteiger partial charge in [-0.05, 0) is 24.3 Å². The van der Waals surface area contributed by atoms with Gasteiger partial charge >= 0.3 is 5.97 Å². The molecule has 1 aromatic carbocycles. The average Bonchev–Trinajstić information content (AvgIpc) is 2.82. The highest BCUT2D eigenvalue weighted by Gasteiger charge is 2.11. The molecule has 19 heavy (non-hydrogen) atoms. The van der Waals surface area contributed by atoms with Crippen LogP contribution in [0.5, 0.6) is 5.75 Å². The summed E-state index contributed by atoms with van der Waals surface area (Å²) in [5.74, 6) is -0.952. The van der Waals surface area contributed by atoms with Gasteiger partial charge in [-0.1, -0.05) is 12.1 Å². The van der Waals surface area contributed by atoms with Gasteiger partial charge in [0.15, 0.2) is 5.65 Å². The molecule has 0 bridgehead atoms. The Labute approximate surface area is 107 Å². The van der Waals surface area contributed by atoms with Crippen LogP contribution < -0.4 is 0 Å². The summed E-state index contributed by atoms with van der Waals surface area (Å²) in [5, 5.41) is 27.2. The summed E-state index contributed by atoms with van der Waals surface area (Å²) < 4.78 is 0.